The van der Waals surface area contributed by atoms with Gasteiger partial charge in [0.15, 0.2) is 0 Å². The lowest BCUT2D eigenvalue weighted by Crippen LogP contribution is -2.54. The Hall–Kier alpha value is -1.10. The van der Waals surface area contributed by atoms with E-state index in [-0.39, 0.29) is 18.3 Å². The van der Waals surface area contributed by atoms with Gasteiger partial charge in [-0.3, -0.25) is 4.90 Å². The average molecular weight is 291 g/mol. The van der Waals surface area contributed by atoms with Crippen LogP contribution in [-0.2, 0) is 17.6 Å². The number of hydrogen-bond acceptors (Lipinski definition) is 4. The standard InChI is InChI=1S/C17H25NO3/c1-17(2)12-18(10-15(11-19)21-17)7-5-13-3-4-16-14(9-13)6-8-20-16/h3-4,9,15,19H,5-8,10-12H2,1-2H3. The summed E-state index contributed by atoms with van der Waals surface area (Å²) in [5, 5.41) is 9.37. The van der Waals surface area contributed by atoms with Crippen molar-refractivity contribution in [3.05, 3.63) is 29.3 Å². The molecule has 2 aliphatic rings. The van der Waals surface area contributed by atoms with Gasteiger partial charge in [0.2, 0.25) is 0 Å². The number of ether oxygens (including phenoxy) is 2. The molecule has 0 aliphatic carbocycles. The number of benzene rings is 1. The molecule has 0 saturated carbocycles. The summed E-state index contributed by atoms with van der Waals surface area (Å²) in [4.78, 5) is 2.40. The summed E-state index contributed by atoms with van der Waals surface area (Å²) in [5.74, 6) is 1.05. The van der Waals surface area contributed by atoms with E-state index in [1.54, 1.807) is 0 Å². The van der Waals surface area contributed by atoms with Crippen molar-refractivity contribution in [2.75, 3.05) is 32.8 Å². The lowest BCUT2D eigenvalue weighted by molar-refractivity contribution is -0.148. The predicted molar refractivity (Wildman–Crippen MR) is 81.8 cm³/mol. The third kappa shape index (κ3) is 3.57. The van der Waals surface area contributed by atoms with Crippen LogP contribution in [0.1, 0.15) is 25.0 Å². The minimum absolute atomic E-state index is 0.0674. The Morgan fingerprint density at radius 2 is 2.24 bits per heavy atom. The van der Waals surface area contributed by atoms with Gasteiger partial charge in [0.1, 0.15) is 5.75 Å². The monoisotopic (exact) mass is 291 g/mol. The van der Waals surface area contributed by atoms with Crippen LogP contribution in [0, 0.1) is 0 Å². The summed E-state index contributed by atoms with van der Waals surface area (Å²) < 4.78 is 11.4. The molecule has 21 heavy (non-hydrogen) atoms. The number of fused-ring (bicyclic) bond motifs is 1. The van der Waals surface area contributed by atoms with Crippen LogP contribution in [0.15, 0.2) is 18.2 Å². The first-order valence-electron chi connectivity index (χ1n) is 7.81. The molecule has 1 aromatic rings. The Labute approximate surface area is 126 Å². The molecule has 3 rings (SSSR count). The van der Waals surface area contributed by atoms with Gasteiger partial charge in [-0.25, -0.2) is 0 Å². The molecule has 1 aromatic carbocycles. The number of rotatable bonds is 4. The van der Waals surface area contributed by atoms with Crippen molar-refractivity contribution in [3.8, 4) is 5.75 Å². The van der Waals surface area contributed by atoms with Gasteiger partial charge >= 0.3 is 0 Å². The summed E-state index contributed by atoms with van der Waals surface area (Å²) in [6.07, 6.45) is 1.99. The summed E-state index contributed by atoms with van der Waals surface area (Å²) in [7, 11) is 0. The van der Waals surface area contributed by atoms with E-state index in [2.05, 4.69) is 36.9 Å². The van der Waals surface area contributed by atoms with E-state index in [1.165, 1.54) is 11.1 Å². The molecule has 2 aliphatic heterocycles. The molecular weight excluding hydrogens is 266 g/mol. The fourth-order valence-electron chi connectivity index (χ4n) is 3.36. The Kier molecular flexibility index (Phi) is 4.20. The van der Waals surface area contributed by atoms with Crippen LogP contribution in [0.5, 0.6) is 5.75 Å². The number of aliphatic hydroxyl groups excluding tert-OH is 1. The van der Waals surface area contributed by atoms with E-state index < -0.39 is 0 Å². The molecule has 0 bridgehead atoms. The number of nitrogens with zero attached hydrogens (tertiary/aromatic N) is 1. The molecule has 0 radical (unpaired) electrons. The molecule has 2 heterocycles. The SMILES string of the molecule is CC1(C)CN(CCc2ccc3c(c2)CCO3)CC(CO)O1. The van der Waals surface area contributed by atoms with Crippen LogP contribution in [0.3, 0.4) is 0 Å². The van der Waals surface area contributed by atoms with Crippen molar-refractivity contribution < 1.29 is 14.6 Å². The first-order valence-corrected chi connectivity index (χ1v) is 7.81. The molecule has 0 amide bonds. The molecule has 4 heteroatoms. The zero-order chi connectivity index (χ0) is 14.9. The second-order valence-electron chi connectivity index (χ2n) is 6.71. The Bertz CT molecular complexity index is 501. The number of hydrogen-bond donors (Lipinski definition) is 1. The van der Waals surface area contributed by atoms with Gasteiger partial charge < -0.3 is 14.6 Å². The van der Waals surface area contributed by atoms with Crippen LogP contribution >= 0.6 is 0 Å². The summed E-state index contributed by atoms with van der Waals surface area (Å²) in [5.41, 5.74) is 2.52. The maximum atomic E-state index is 9.37. The van der Waals surface area contributed by atoms with Crippen molar-refractivity contribution >= 4 is 0 Å². The molecule has 1 atom stereocenters. The van der Waals surface area contributed by atoms with Crippen molar-refractivity contribution in [3.63, 3.8) is 0 Å². The highest BCUT2D eigenvalue weighted by Gasteiger charge is 2.32. The highest BCUT2D eigenvalue weighted by Crippen LogP contribution is 2.26. The fourth-order valence-corrected chi connectivity index (χ4v) is 3.36. The maximum absolute atomic E-state index is 9.37. The largest absolute Gasteiger partial charge is 0.493 e. The van der Waals surface area contributed by atoms with Gasteiger partial charge in [0.25, 0.3) is 0 Å². The third-order valence-electron chi connectivity index (χ3n) is 4.23. The van der Waals surface area contributed by atoms with E-state index in [4.69, 9.17) is 9.47 Å². The molecular formula is C17H25NO3. The molecule has 4 nitrogen and oxygen atoms in total. The number of morpholine rings is 1. The highest BCUT2D eigenvalue weighted by molar-refractivity contribution is 5.39. The minimum Gasteiger partial charge on any atom is -0.493 e. The second-order valence-corrected chi connectivity index (χ2v) is 6.71. The molecule has 1 saturated heterocycles. The van der Waals surface area contributed by atoms with Crippen molar-refractivity contribution in [1.82, 2.24) is 4.90 Å². The summed E-state index contributed by atoms with van der Waals surface area (Å²) in [6, 6.07) is 6.54. The van der Waals surface area contributed by atoms with Crippen molar-refractivity contribution in [1.29, 1.82) is 0 Å². The zero-order valence-electron chi connectivity index (χ0n) is 13.0. The summed E-state index contributed by atoms with van der Waals surface area (Å²) >= 11 is 0. The molecule has 0 spiro atoms. The Morgan fingerprint density at radius 1 is 1.38 bits per heavy atom. The third-order valence-corrected chi connectivity index (χ3v) is 4.23. The molecule has 1 N–H and O–H groups in total. The van der Waals surface area contributed by atoms with Gasteiger partial charge in [-0.15, -0.1) is 0 Å². The molecule has 0 aromatic heterocycles. The second kappa shape index (κ2) is 5.95. The lowest BCUT2D eigenvalue weighted by atomic mass is 10.0. The van der Waals surface area contributed by atoms with E-state index >= 15 is 0 Å². The minimum atomic E-state index is -0.183. The van der Waals surface area contributed by atoms with Gasteiger partial charge in [0, 0.05) is 26.1 Å². The van der Waals surface area contributed by atoms with Crippen LogP contribution in [-0.4, -0.2) is 54.6 Å². The van der Waals surface area contributed by atoms with Crippen molar-refractivity contribution in [2.45, 2.75) is 38.4 Å². The van der Waals surface area contributed by atoms with E-state index in [9.17, 15) is 5.11 Å². The van der Waals surface area contributed by atoms with Gasteiger partial charge in [-0.2, -0.15) is 0 Å². The van der Waals surface area contributed by atoms with Gasteiger partial charge in [-0.05, 0) is 37.5 Å². The van der Waals surface area contributed by atoms with E-state index in [1.807, 2.05) is 0 Å². The average Bonchev–Trinajstić information content (AvgIpc) is 2.91. The maximum Gasteiger partial charge on any atom is 0.122 e. The molecule has 1 unspecified atom stereocenters. The van der Waals surface area contributed by atoms with Crippen LogP contribution in [0.2, 0.25) is 0 Å². The Balaban J connectivity index is 1.59. The van der Waals surface area contributed by atoms with Crippen LogP contribution < -0.4 is 4.74 Å². The first-order chi connectivity index (χ1) is 10.1. The van der Waals surface area contributed by atoms with Gasteiger partial charge in [-0.1, -0.05) is 12.1 Å². The van der Waals surface area contributed by atoms with E-state index in [0.29, 0.717) is 0 Å². The quantitative estimate of drug-likeness (QED) is 0.915. The fraction of sp³-hybridized carbons (Fsp3) is 0.647. The normalized spacial score (nSPS) is 24.6. The summed E-state index contributed by atoms with van der Waals surface area (Å²) in [6.45, 7) is 7.82. The first kappa shape index (κ1) is 14.8. The predicted octanol–water partition coefficient (Wildman–Crippen LogP) is 1.64. The zero-order valence-corrected chi connectivity index (χ0v) is 13.0. The molecule has 116 valence electrons. The van der Waals surface area contributed by atoms with E-state index in [0.717, 1.165) is 44.8 Å². The topological polar surface area (TPSA) is 41.9 Å². The van der Waals surface area contributed by atoms with Gasteiger partial charge in [0.05, 0.1) is 24.9 Å². The lowest BCUT2D eigenvalue weighted by Gasteiger charge is -2.42. The number of aliphatic hydroxyl groups is 1. The smallest absolute Gasteiger partial charge is 0.122 e. The Morgan fingerprint density at radius 3 is 3.05 bits per heavy atom. The van der Waals surface area contributed by atoms with Crippen molar-refractivity contribution in [2.24, 2.45) is 0 Å². The van der Waals surface area contributed by atoms with Crippen LogP contribution in [0.25, 0.3) is 0 Å². The van der Waals surface area contributed by atoms with Crippen LogP contribution in [0.4, 0.5) is 0 Å². The highest BCUT2D eigenvalue weighted by atomic mass is 16.5. The molecule has 1 fully saturated rings.